The maximum atomic E-state index is 13.0. The molecule has 0 N–H and O–H groups in total. The van der Waals surface area contributed by atoms with E-state index in [0.717, 1.165) is 18.5 Å². The number of aromatic nitrogens is 1. The van der Waals surface area contributed by atoms with Crippen LogP contribution in [0.1, 0.15) is 33.6 Å². The molecule has 1 unspecified atom stereocenters. The van der Waals surface area contributed by atoms with E-state index in [1.165, 1.54) is 0 Å². The number of hydrogen-bond donors (Lipinski definition) is 0. The zero-order valence-electron chi connectivity index (χ0n) is 14.4. The number of rotatable bonds is 4. The van der Waals surface area contributed by atoms with Gasteiger partial charge in [-0.25, -0.2) is 0 Å². The van der Waals surface area contributed by atoms with E-state index >= 15 is 0 Å². The maximum Gasteiger partial charge on any atom is 0.254 e. The summed E-state index contributed by atoms with van der Waals surface area (Å²) in [5.74, 6) is -0.0451. The maximum absolute atomic E-state index is 13.0. The summed E-state index contributed by atoms with van der Waals surface area (Å²) in [6.45, 7) is 0.626. The molecule has 1 atom stereocenters. The van der Waals surface area contributed by atoms with Gasteiger partial charge in [0, 0.05) is 35.8 Å². The Morgan fingerprint density at radius 2 is 1.50 bits per heavy atom. The molecule has 4 nitrogen and oxygen atoms in total. The molecular weight excluding hydrogens is 324 g/mol. The minimum atomic E-state index is -0.367. The predicted octanol–water partition coefficient (Wildman–Crippen LogP) is 3.96. The third kappa shape index (κ3) is 3.06. The molecule has 26 heavy (non-hydrogen) atoms. The Balaban J connectivity index is 1.54. The van der Waals surface area contributed by atoms with Crippen molar-refractivity contribution in [3.05, 3.63) is 90.3 Å². The van der Waals surface area contributed by atoms with Crippen molar-refractivity contribution >= 4 is 11.7 Å². The first-order valence-corrected chi connectivity index (χ1v) is 8.88. The number of amides is 1. The number of benzene rings is 2. The van der Waals surface area contributed by atoms with Crippen LogP contribution in [0.15, 0.2) is 79.1 Å². The highest BCUT2D eigenvalue weighted by molar-refractivity contribution is 6.04. The van der Waals surface area contributed by atoms with Gasteiger partial charge in [-0.05, 0) is 49.2 Å². The molecule has 0 bridgehead atoms. The van der Waals surface area contributed by atoms with Crippen LogP contribution in [0.25, 0.3) is 5.69 Å². The van der Waals surface area contributed by atoms with E-state index in [2.05, 4.69) is 0 Å². The fourth-order valence-corrected chi connectivity index (χ4v) is 3.53. The third-order valence-electron chi connectivity index (χ3n) is 4.89. The van der Waals surface area contributed by atoms with Crippen LogP contribution in [0.2, 0.25) is 0 Å². The number of likely N-dealkylation sites (tertiary alicyclic amines) is 1. The molecule has 1 fully saturated rings. The Hall–Kier alpha value is -3.14. The first kappa shape index (κ1) is 16.3. The molecule has 1 aliphatic heterocycles. The monoisotopic (exact) mass is 344 g/mol. The van der Waals surface area contributed by atoms with Crippen LogP contribution in [0.5, 0.6) is 0 Å². The Bertz CT molecular complexity index is 899. The lowest BCUT2D eigenvalue weighted by molar-refractivity contribution is 0.0671. The van der Waals surface area contributed by atoms with Crippen LogP contribution in [0.3, 0.4) is 0 Å². The average Bonchev–Trinajstić information content (AvgIpc) is 3.40. The molecule has 130 valence electrons. The van der Waals surface area contributed by atoms with E-state index in [0.29, 0.717) is 17.7 Å². The van der Waals surface area contributed by atoms with E-state index in [-0.39, 0.29) is 17.7 Å². The first-order chi connectivity index (χ1) is 12.7. The lowest BCUT2D eigenvalue weighted by atomic mass is 10.0. The summed E-state index contributed by atoms with van der Waals surface area (Å²) in [5.41, 5.74) is 2.29. The van der Waals surface area contributed by atoms with Crippen molar-refractivity contribution in [2.45, 2.75) is 18.9 Å². The largest absolute Gasteiger partial charge is 0.328 e. The average molecular weight is 344 g/mol. The molecule has 0 radical (unpaired) electrons. The highest BCUT2D eigenvalue weighted by atomic mass is 16.2. The quantitative estimate of drug-likeness (QED) is 0.672. The van der Waals surface area contributed by atoms with E-state index in [1.54, 1.807) is 4.90 Å². The minimum Gasteiger partial charge on any atom is -0.328 e. The number of ketones is 1. The summed E-state index contributed by atoms with van der Waals surface area (Å²) in [6.07, 6.45) is 5.51. The van der Waals surface area contributed by atoms with Crippen LogP contribution in [-0.2, 0) is 0 Å². The normalized spacial score (nSPS) is 16.6. The van der Waals surface area contributed by atoms with E-state index in [1.807, 2.05) is 83.7 Å². The molecule has 1 aliphatic rings. The van der Waals surface area contributed by atoms with Crippen molar-refractivity contribution in [2.24, 2.45) is 0 Å². The molecule has 1 amide bonds. The van der Waals surface area contributed by atoms with Gasteiger partial charge in [0.25, 0.3) is 5.91 Å². The van der Waals surface area contributed by atoms with Crippen molar-refractivity contribution in [3.63, 3.8) is 0 Å². The van der Waals surface area contributed by atoms with Crippen molar-refractivity contribution in [2.75, 3.05) is 6.54 Å². The van der Waals surface area contributed by atoms with Gasteiger partial charge in [-0.15, -0.1) is 0 Å². The van der Waals surface area contributed by atoms with Crippen molar-refractivity contribution in [1.29, 1.82) is 0 Å². The number of Topliss-reactive ketones (excluding diaryl/α,β-unsaturated/α-hetero) is 1. The van der Waals surface area contributed by atoms with Crippen LogP contribution in [0.4, 0.5) is 0 Å². The molecule has 4 heteroatoms. The molecule has 0 saturated carbocycles. The van der Waals surface area contributed by atoms with Gasteiger partial charge >= 0.3 is 0 Å². The zero-order valence-corrected chi connectivity index (χ0v) is 14.4. The first-order valence-electron chi connectivity index (χ1n) is 8.88. The SMILES string of the molecule is O=C(c1ccccc1)C1CCCN1C(=O)c1ccc(-n2cccc2)cc1. The van der Waals surface area contributed by atoms with Crippen LogP contribution < -0.4 is 0 Å². The minimum absolute atomic E-state index is 0.0282. The van der Waals surface area contributed by atoms with Crippen LogP contribution in [0, 0.1) is 0 Å². The second-order valence-corrected chi connectivity index (χ2v) is 6.52. The van der Waals surface area contributed by atoms with E-state index < -0.39 is 0 Å². The summed E-state index contributed by atoms with van der Waals surface area (Å²) in [5, 5.41) is 0. The summed E-state index contributed by atoms with van der Waals surface area (Å²) in [4.78, 5) is 27.5. The molecular formula is C22H20N2O2. The lowest BCUT2D eigenvalue weighted by Crippen LogP contribution is -2.40. The molecule has 4 rings (SSSR count). The molecule has 2 heterocycles. The molecule has 2 aromatic carbocycles. The fourth-order valence-electron chi connectivity index (χ4n) is 3.53. The smallest absolute Gasteiger partial charge is 0.254 e. The molecule has 3 aromatic rings. The van der Waals surface area contributed by atoms with Gasteiger partial charge in [-0.1, -0.05) is 30.3 Å². The highest BCUT2D eigenvalue weighted by Gasteiger charge is 2.34. The van der Waals surface area contributed by atoms with Gasteiger partial charge in [-0.3, -0.25) is 9.59 Å². The third-order valence-corrected chi connectivity index (χ3v) is 4.89. The summed E-state index contributed by atoms with van der Waals surface area (Å²) >= 11 is 0. The molecule has 1 aromatic heterocycles. The lowest BCUT2D eigenvalue weighted by Gasteiger charge is -2.24. The number of carbonyl (C=O) groups is 2. The van der Waals surface area contributed by atoms with E-state index in [9.17, 15) is 9.59 Å². The Morgan fingerprint density at radius 3 is 2.19 bits per heavy atom. The standard InChI is InChI=1S/C22H20N2O2/c25-21(17-7-2-1-3-8-17)20-9-6-16-24(20)22(26)18-10-12-19(13-11-18)23-14-4-5-15-23/h1-5,7-8,10-15,20H,6,9,16H2. The molecule has 1 saturated heterocycles. The molecule has 0 aliphatic carbocycles. The van der Waals surface area contributed by atoms with Crippen molar-refractivity contribution < 1.29 is 9.59 Å². The van der Waals surface area contributed by atoms with Gasteiger partial charge in [0.1, 0.15) is 0 Å². The Kier molecular flexibility index (Phi) is 4.40. The van der Waals surface area contributed by atoms with Crippen molar-refractivity contribution in [1.82, 2.24) is 9.47 Å². The number of hydrogen-bond acceptors (Lipinski definition) is 2. The Morgan fingerprint density at radius 1 is 0.808 bits per heavy atom. The summed E-state index contributed by atoms with van der Waals surface area (Å²) in [6, 6.07) is 20.3. The van der Waals surface area contributed by atoms with Gasteiger partial charge in [0.15, 0.2) is 5.78 Å². The highest BCUT2D eigenvalue weighted by Crippen LogP contribution is 2.24. The van der Waals surface area contributed by atoms with Gasteiger partial charge in [-0.2, -0.15) is 0 Å². The van der Waals surface area contributed by atoms with Crippen LogP contribution >= 0.6 is 0 Å². The van der Waals surface area contributed by atoms with Gasteiger partial charge in [0.05, 0.1) is 6.04 Å². The summed E-state index contributed by atoms with van der Waals surface area (Å²) in [7, 11) is 0. The second-order valence-electron chi connectivity index (χ2n) is 6.52. The fraction of sp³-hybridized carbons (Fsp3) is 0.182. The van der Waals surface area contributed by atoms with Crippen molar-refractivity contribution in [3.8, 4) is 5.69 Å². The topological polar surface area (TPSA) is 42.3 Å². The second kappa shape index (κ2) is 7.00. The predicted molar refractivity (Wildman–Crippen MR) is 101 cm³/mol. The number of nitrogens with zero attached hydrogens (tertiary/aromatic N) is 2. The Labute approximate surface area is 152 Å². The van der Waals surface area contributed by atoms with Crippen LogP contribution in [-0.4, -0.2) is 33.7 Å². The molecule has 0 spiro atoms. The van der Waals surface area contributed by atoms with E-state index in [4.69, 9.17) is 0 Å². The summed E-state index contributed by atoms with van der Waals surface area (Å²) < 4.78 is 1.99. The van der Waals surface area contributed by atoms with Gasteiger partial charge < -0.3 is 9.47 Å². The number of carbonyl (C=O) groups excluding carboxylic acids is 2. The van der Waals surface area contributed by atoms with Gasteiger partial charge in [0.2, 0.25) is 0 Å². The zero-order chi connectivity index (χ0) is 17.9.